The predicted octanol–water partition coefficient (Wildman–Crippen LogP) is 0.119. The zero-order valence-electron chi connectivity index (χ0n) is 7.63. The Labute approximate surface area is 70.3 Å². The van der Waals surface area contributed by atoms with E-state index < -0.39 is 0 Å². The summed E-state index contributed by atoms with van der Waals surface area (Å²) in [6.07, 6.45) is -0.00694. The fourth-order valence-corrected chi connectivity index (χ4v) is 0.835. The van der Waals surface area contributed by atoms with Crippen molar-refractivity contribution in [2.24, 2.45) is 0 Å². The van der Waals surface area contributed by atoms with Crippen LogP contribution in [0.25, 0.3) is 0 Å². The molecule has 4 heteroatoms. The number of rotatable bonds is 3. The van der Waals surface area contributed by atoms with Crippen molar-refractivity contribution in [1.29, 1.82) is 0 Å². The molecule has 0 heterocycles. The van der Waals surface area contributed by atoms with Gasteiger partial charge in [-0.3, -0.25) is 4.79 Å². The lowest BCUT2D eigenvalue weighted by molar-refractivity contribution is -0.145. The highest BCUT2D eigenvalue weighted by Gasteiger charge is 2.04. The maximum atomic E-state index is 10.4. The Morgan fingerprint density at radius 1 is 1.55 bits per heavy atom. The second-order valence-electron chi connectivity index (χ2n) is 2.68. The molecule has 0 fully saturated rings. The van der Waals surface area contributed by atoms with Crippen molar-refractivity contribution in [2.45, 2.75) is 20.0 Å². The van der Waals surface area contributed by atoms with Gasteiger partial charge in [-0.15, -0.1) is 0 Å². The van der Waals surface area contributed by atoms with Crippen molar-refractivity contribution in [3.05, 3.63) is 0 Å². The third-order valence-electron chi connectivity index (χ3n) is 0.989. The summed E-state index contributed by atoms with van der Waals surface area (Å²) in [7, 11) is 3.89. The summed E-state index contributed by atoms with van der Waals surface area (Å²) in [5.74, 6) is -0.214. The standard InChI is InChI=1S/C7H15NO2.B/c1-6(5-8(3)4)10-7(2)9;/h6H,5H2,1-4H3;. The van der Waals surface area contributed by atoms with E-state index in [4.69, 9.17) is 4.74 Å². The van der Waals surface area contributed by atoms with Crippen molar-refractivity contribution >= 4 is 14.4 Å². The summed E-state index contributed by atoms with van der Waals surface area (Å²) in [4.78, 5) is 12.4. The molecule has 0 N–H and O–H groups in total. The molecule has 0 saturated carbocycles. The van der Waals surface area contributed by atoms with E-state index in [2.05, 4.69) is 0 Å². The Kier molecular flexibility index (Phi) is 7.41. The van der Waals surface area contributed by atoms with Crippen LogP contribution >= 0.6 is 0 Å². The first-order valence-corrected chi connectivity index (χ1v) is 3.34. The molecule has 3 radical (unpaired) electrons. The van der Waals surface area contributed by atoms with E-state index in [9.17, 15) is 4.79 Å². The predicted molar refractivity (Wildman–Crippen MR) is 45.5 cm³/mol. The molecular weight excluding hydrogens is 141 g/mol. The highest BCUT2D eigenvalue weighted by Crippen LogP contribution is 1.91. The van der Waals surface area contributed by atoms with Crippen LogP contribution in [0.2, 0.25) is 0 Å². The van der Waals surface area contributed by atoms with Crippen molar-refractivity contribution in [1.82, 2.24) is 4.90 Å². The zero-order chi connectivity index (χ0) is 8.15. The highest BCUT2D eigenvalue weighted by molar-refractivity contribution is 5.75. The Balaban J connectivity index is 0. The molecule has 0 aliphatic rings. The third kappa shape index (κ3) is 9.49. The molecule has 1 atom stereocenters. The van der Waals surface area contributed by atoms with Crippen molar-refractivity contribution in [3.8, 4) is 0 Å². The van der Waals surface area contributed by atoms with Crippen LogP contribution in [0.15, 0.2) is 0 Å². The van der Waals surface area contributed by atoms with Crippen LogP contribution in [0.4, 0.5) is 0 Å². The van der Waals surface area contributed by atoms with Gasteiger partial charge in [-0.05, 0) is 21.0 Å². The first-order chi connectivity index (χ1) is 4.52. The average Bonchev–Trinajstić information content (AvgIpc) is 1.58. The van der Waals surface area contributed by atoms with Gasteiger partial charge in [0.15, 0.2) is 0 Å². The molecule has 0 aliphatic heterocycles. The molecule has 0 aromatic carbocycles. The molecule has 0 aliphatic carbocycles. The quantitative estimate of drug-likeness (QED) is 0.429. The fourth-order valence-electron chi connectivity index (χ4n) is 0.835. The summed E-state index contributed by atoms with van der Waals surface area (Å²) in [5.41, 5.74) is 0. The molecule has 0 saturated heterocycles. The van der Waals surface area contributed by atoms with Crippen LogP contribution in [0, 0.1) is 0 Å². The molecule has 3 nitrogen and oxygen atoms in total. The maximum Gasteiger partial charge on any atom is 0.302 e. The topological polar surface area (TPSA) is 29.5 Å². The Hall–Kier alpha value is -0.505. The number of likely N-dealkylation sites (N-methyl/N-ethyl adjacent to an activating group) is 1. The van der Waals surface area contributed by atoms with Crippen LogP contribution in [-0.2, 0) is 9.53 Å². The van der Waals surface area contributed by atoms with Gasteiger partial charge in [0.1, 0.15) is 6.10 Å². The normalized spacial score (nSPS) is 12.1. The van der Waals surface area contributed by atoms with Crippen LogP contribution in [0.1, 0.15) is 13.8 Å². The maximum absolute atomic E-state index is 10.4. The number of hydrogen-bond acceptors (Lipinski definition) is 3. The van der Waals surface area contributed by atoms with E-state index >= 15 is 0 Å². The number of esters is 1. The molecule has 63 valence electrons. The summed E-state index contributed by atoms with van der Waals surface area (Å²) >= 11 is 0. The molecular formula is C7H15BNO2. The molecule has 0 aromatic rings. The van der Waals surface area contributed by atoms with E-state index in [-0.39, 0.29) is 20.5 Å². The Bertz CT molecular complexity index is 117. The lowest BCUT2D eigenvalue weighted by atomic mass is 10.4. The van der Waals surface area contributed by atoms with Gasteiger partial charge < -0.3 is 9.64 Å². The van der Waals surface area contributed by atoms with E-state index in [0.29, 0.717) is 0 Å². The van der Waals surface area contributed by atoms with Gasteiger partial charge in [0.25, 0.3) is 0 Å². The van der Waals surface area contributed by atoms with Gasteiger partial charge in [0, 0.05) is 21.9 Å². The van der Waals surface area contributed by atoms with E-state index in [1.807, 2.05) is 25.9 Å². The van der Waals surface area contributed by atoms with Gasteiger partial charge >= 0.3 is 5.97 Å². The number of ether oxygens (including phenoxy) is 1. The monoisotopic (exact) mass is 156 g/mol. The SMILES string of the molecule is CC(=O)OC(C)CN(C)C.[B]. The van der Waals surface area contributed by atoms with Gasteiger partial charge in [0.2, 0.25) is 0 Å². The molecule has 0 spiro atoms. The van der Waals surface area contributed by atoms with E-state index in [1.165, 1.54) is 6.92 Å². The van der Waals surface area contributed by atoms with E-state index in [1.54, 1.807) is 0 Å². The summed E-state index contributed by atoms with van der Waals surface area (Å²) in [6, 6.07) is 0. The minimum Gasteiger partial charge on any atom is -0.461 e. The van der Waals surface area contributed by atoms with Gasteiger partial charge in [-0.1, -0.05) is 0 Å². The first kappa shape index (κ1) is 13.1. The summed E-state index contributed by atoms with van der Waals surface area (Å²) in [5, 5.41) is 0. The van der Waals surface area contributed by atoms with Crippen LogP contribution in [0.5, 0.6) is 0 Å². The minimum atomic E-state index is -0.214. The smallest absolute Gasteiger partial charge is 0.302 e. The average molecular weight is 156 g/mol. The van der Waals surface area contributed by atoms with E-state index in [0.717, 1.165) is 6.54 Å². The molecule has 0 aromatic heterocycles. The molecule has 0 bridgehead atoms. The van der Waals surface area contributed by atoms with Gasteiger partial charge in [-0.25, -0.2) is 0 Å². The van der Waals surface area contributed by atoms with Crippen molar-refractivity contribution in [3.63, 3.8) is 0 Å². The van der Waals surface area contributed by atoms with Crippen LogP contribution in [0.3, 0.4) is 0 Å². The molecule has 11 heavy (non-hydrogen) atoms. The largest absolute Gasteiger partial charge is 0.461 e. The van der Waals surface area contributed by atoms with Crippen LogP contribution in [-0.4, -0.2) is 46.0 Å². The minimum absolute atomic E-state index is 0. The molecule has 1 unspecified atom stereocenters. The zero-order valence-corrected chi connectivity index (χ0v) is 7.63. The first-order valence-electron chi connectivity index (χ1n) is 3.34. The lowest BCUT2D eigenvalue weighted by Gasteiger charge is -2.16. The van der Waals surface area contributed by atoms with Gasteiger partial charge in [-0.2, -0.15) is 0 Å². The second-order valence-corrected chi connectivity index (χ2v) is 2.68. The lowest BCUT2D eigenvalue weighted by Crippen LogP contribution is -2.27. The number of carbonyl (C=O) groups excluding carboxylic acids is 1. The molecule has 0 amide bonds. The number of carbonyl (C=O) groups is 1. The number of nitrogens with zero attached hydrogens (tertiary/aromatic N) is 1. The Morgan fingerprint density at radius 3 is 2.27 bits per heavy atom. The Morgan fingerprint density at radius 2 is 2.00 bits per heavy atom. The van der Waals surface area contributed by atoms with Gasteiger partial charge in [0.05, 0.1) is 0 Å². The second kappa shape index (κ2) is 6.22. The third-order valence-corrected chi connectivity index (χ3v) is 0.989. The fraction of sp³-hybridized carbons (Fsp3) is 0.857. The van der Waals surface area contributed by atoms with Crippen molar-refractivity contribution in [2.75, 3.05) is 20.6 Å². The van der Waals surface area contributed by atoms with Crippen molar-refractivity contribution < 1.29 is 9.53 Å². The number of hydrogen-bond donors (Lipinski definition) is 0. The summed E-state index contributed by atoms with van der Waals surface area (Å²) in [6.45, 7) is 4.08. The summed E-state index contributed by atoms with van der Waals surface area (Å²) < 4.78 is 4.88. The highest BCUT2D eigenvalue weighted by atomic mass is 16.5. The van der Waals surface area contributed by atoms with Crippen LogP contribution < -0.4 is 0 Å². The molecule has 0 rings (SSSR count).